The number of likely N-dealkylation sites (tertiary alicyclic amines) is 1. The molecule has 1 aliphatic heterocycles. The van der Waals surface area contributed by atoms with E-state index in [0.29, 0.717) is 5.88 Å². The summed E-state index contributed by atoms with van der Waals surface area (Å²) >= 11 is 0. The van der Waals surface area contributed by atoms with Gasteiger partial charge < -0.3 is 10.1 Å². The van der Waals surface area contributed by atoms with Crippen molar-refractivity contribution >= 4 is 5.69 Å². The number of hydrogen-bond donors (Lipinski definition) is 1. The molecule has 1 N–H and O–H groups in total. The summed E-state index contributed by atoms with van der Waals surface area (Å²) in [6, 6.07) is 3.56. The summed E-state index contributed by atoms with van der Waals surface area (Å²) in [5.74, 6) is 0.427. The SMILES string of the molecule is CC.CNc1cccnc1OC1CN(CC(F)(F)F)C1. The van der Waals surface area contributed by atoms with Crippen molar-refractivity contribution in [3.8, 4) is 5.88 Å². The van der Waals surface area contributed by atoms with Gasteiger partial charge in [0, 0.05) is 26.3 Å². The number of pyridine rings is 1. The molecule has 0 saturated carbocycles. The van der Waals surface area contributed by atoms with Gasteiger partial charge in [0.05, 0.1) is 12.2 Å². The fourth-order valence-electron chi connectivity index (χ4n) is 1.81. The summed E-state index contributed by atoms with van der Waals surface area (Å²) in [7, 11) is 1.74. The number of nitrogens with one attached hydrogen (secondary N) is 1. The average molecular weight is 291 g/mol. The van der Waals surface area contributed by atoms with E-state index in [-0.39, 0.29) is 19.2 Å². The lowest BCUT2D eigenvalue weighted by Gasteiger charge is -2.39. The summed E-state index contributed by atoms with van der Waals surface area (Å²) in [4.78, 5) is 5.34. The number of nitrogens with zero attached hydrogens (tertiary/aromatic N) is 2. The highest BCUT2D eigenvalue weighted by Gasteiger charge is 2.38. The topological polar surface area (TPSA) is 37.4 Å². The molecule has 0 atom stereocenters. The van der Waals surface area contributed by atoms with E-state index in [0.717, 1.165) is 5.69 Å². The van der Waals surface area contributed by atoms with E-state index >= 15 is 0 Å². The van der Waals surface area contributed by atoms with Crippen molar-refractivity contribution in [2.45, 2.75) is 26.1 Å². The quantitative estimate of drug-likeness (QED) is 0.925. The van der Waals surface area contributed by atoms with Gasteiger partial charge in [0.2, 0.25) is 5.88 Å². The molecule has 0 unspecified atom stereocenters. The second kappa shape index (κ2) is 7.33. The second-order valence-corrected chi connectivity index (χ2v) is 4.16. The number of anilines is 1. The normalized spacial score (nSPS) is 15.9. The molecule has 1 fully saturated rings. The number of halogens is 3. The Labute approximate surface area is 116 Å². The zero-order valence-corrected chi connectivity index (χ0v) is 11.9. The molecule has 0 aliphatic carbocycles. The van der Waals surface area contributed by atoms with Crippen molar-refractivity contribution in [2.24, 2.45) is 0 Å². The van der Waals surface area contributed by atoms with Crippen LogP contribution in [0.3, 0.4) is 0 Å². The molecule has 0 aromatic carbocycles. The molecule has 4 nitrogen and oxygen atoms in total. The minimum Gasteiger partial charge on any atom is -0.470 e. The average Bonchev–Trinajstić information content (AvgIpc) is 2.38. The first-order valence-corrected chi connectivity index (χ1v) is 6.56. The van der Waals surface area contributed by atoms with E-state index in [2.05, 4.69) is 10.3 Å². The van der Waals surface area contributed by atoms with E-state index in [4.69, 9.17) is 4.74 Å². The Kier molecular flexibility index (Phi) is 6.06. The van der Waals surface area contributed by atoms with Crippen molar-refractivity contribution in [1.82, 2.24) is 9.88 Å². The third-order valence-electron chi connectivity index (χ3n) is 2.65. The van der Waals surface area contributed by atoms with Crippen LogP contribution in [0.1, 0.15) is 13.8 Å². The Morgan fingerprint density at radius 2 is 2.05 bits per heavy atom. The van der Waals surface area contributed by atoms with Gasteiger partial charge in [0.1, 0.15) is 6.10 Å². The highest BCUT2D eigenvalue weighted by Crippen LogP contribution is 2.25. The number of aromatic nitrogens is 1. The van der Waals surface area contributed by atoms with Crippen molar-refractivity contribution in [1.29, 1.82) is 0 Å². The molecule has 0 spiro atoms. The highest BCUT2D eigenvalue weighted by atomic mass is 19.4. The molecule has 1 aromatic rings. The molecule has 7 heteroatoms. The lowest BCUT2D eigenvalue weighted by Crippen LogP contribution is -2.56. The second-order valence-electron chi connectivity index (χ2n) is 4.16. The van der Waals surface area contributed by atoms with Crippen LogP contribution < -0.4 is 10.1 Å². The van der Waals surface area contributed by atoms with Crippen LogP contribution in [-0.2, 0) is 0 Å². The van der Waals surface area contributed by atoms with Gasteiger partial charge in [-0.15, -0.1) is 0 Å². The number of rotatable bonds is 4. The minimum atomic E-state index is -4.15. The van der Waals surface area contributed by atoms with Crippen LogP contribution in [-0.4, -0.2) is 48.8 Å². The molecule has 1 saturated heterocycles. The smallest absolute Gasteiger partial charge is 0.401 e. The highest BCUT2D eigenvalue weighted by molar-refractivity contribution is 5.51. The summed E-state index contributed by atoms with van der Waals surface area (Å²) in [5.41, 5.74) is 0.728. The molecular weight excluding hydrogens is 271 g/mol. The zero-order chi connectivity index (χ0) is 15.2. The van der Waals surface area contributed by atoms with Gasteiger partial charge in [0.15, 0.2) is 0 Å². The number of hydrogen-bond acceptors (Lipinski definition) is 4. The van der Waals surface area contributed by atoms with E-state index in [1.165, 1.54) is 4.90 Å². The lowest BCUT2D eigenvalue weighted by atomic mass is 10.1. The van der Waals surface area contributed by atoms with E-state index in [1.807, 2.05) is 13.8 Å². The van der Waals surface area contributed by atoms with Gasteiger partial charge in [0.25, 0.3) is 0 Å². The van der Waals surface area contributed by atoms with E-state index in [9.17, 15) is 13.2 Å². The third kappa shape index (κ3) is 4.88. The predicted octanol–water partition coefficient (Wildman–Crippen LogP) is 2.77. The first-order chi connectivity index (χ1) is 9.48. The van der Waals surface area contributed by atoms with Gasteiger partial charge in [-0.05, 0) is 12.1 Å². The summed E-state index contributed by atoms with van der Waals surface area (Å²) in [6.07, 6.45) is -2.79. The molecule has 1 aromatic heterocycles. The first-order valence-electron chi connectivity index (χ1n) is 6.56. The molecule has 0 amide bonds. The number of alkyl halides is 3. The van der Waals surface area contributed by atoms with Crippen LogP contribution in [0.4, 0.5) is 18.9 Å². The van der Waals surface area contributed by atoms with Crippen molar-refractivity contribution in [3.05, 3.63) is 18.3 Å². The van der Waals surface area contributed by atoms with Crippen LogP contribution in [0.5, 0.6) is 5.88 Å². The Hall–Kier alpha value is -1.50. The van der Waals surface area contributed by atoms with Crippen LogP contribution in [0, 0.1) is 0 Å². The molecule has 2 heterocycles. The Bertz CT molecular complexity index is 406. The van der Waals surface area contributed by atoms with Gasteiger partial charge in [-0.1, -0.05) is 13.8 Å². The Morgan fingerprint density at radius 1 is 1.40 bits per heavy atom. The zero-order valence-electron chi connectivity index (χ0n) is 11.9. The molecule has 0 bridgehead atoms. The maximum Gasteiger partial charge on any atom is 0.401 e. The lowest BCUT2D eigenvalue weighted by molar-refractivity contribution is -0.162. The maximum atomic E-state index is 12.1. The molecule has 2 rings (SSSR count). The molecule has 114 valence electrons. The number of ether oxygens (including phenoxy) is 1. The van der Waals surface area contributed by atoms with Crippen molar-refractivity contribution < 1.29 is 17.9 Å². The van der Waals surface area contributed by atoms with E-state index < -0.39 is 12.7 Å². The summed E-state index contributed by atoms with van der Waals surface area (Å²) < 4.78 is 41.8. The van der Waals surface area contributed by atoms with E-state index in [1.54, 1.807) is 25.4 Å². The largest absolute Gasteiger partial charge is 0.470 e. The Morgan fingerprint density at radius 3 is 2.60 bits per heavy atom. The standard InChI is InChI=1S/C11H14F3N3O.C2H6/c1-15-9-3-2-4-16-10(9)18-8-5-17(6-8)7-11(12,13)14;1-2/h2-4,8,15H,5-7H2,1H3;1-2H3. The third-order valence-corrected chi connectivity index (χ3v) is 2.65. The molecular formula is C13H20F3N3O. The monoisotopic (exact) mass is 291 g/mol. The minimum absolute atomic E-state index is 0.227. The fourth-order valence-corrected chi connectivity index (χ4v) is 1.81. The molecule has 20 heavy (non-hydrogen) atoms. The van der Waals surface area contributed by atoms with Crippen LogP contribution in [0.25, 0.3) is 0 Å². The van der Waals surface area contributed by atoms with Crippen LogP contribution in [0.2, 0.25) is 0 Å². The molecule has 0 radical (unpaired) electrons. The first kappa shape index (κ1) is 16.6. The van der Waals surface area contributed by atoms with Crippen LogP contribution >= 0.6 is 0 Å². The van der Waals surface area contributed by atoms with Crippen molar-refractivity contribution in [3.63, 3.8) is 0 Å². The van der Waals surface area contributed by atoms with Gasteiger partial charge >= 0.3 is 6.18 Å². The molecule has 1 aliphatic rings. The van der Waals surface area contributed by atoms with Gasteiger partial charge in [-0.3, -0.25) is 4.90 Å². The van der Waals surface area contributed by atoms with Crippen LogP contribution in [0.15, 0.2) is 18.3 Å². The fraction of sp³-hybridized carbons (Fsp3) is 0.615. The summed E-state index contributed by atoms with van der Waals surface area (Å²) in [6.45, 7) is 3.67. The maximum absolute atomic E-state index is 12.1. The predicted molar refractivity (Wildman–Crippen MR) is 72.0 cm³/mol. The van der Waals surface area contributed by atoms with Gasteiger partial charge in [-0.25, -0.2) is 4.98 Å². The van der Waals surface area contributed by atoms with Crippen molar-refractivity contribution in [2.75, 3.05) is 32.0 Å². The summed E-state index contributed by atoms with van der Waals surface area (Å²) in [5, 5.41) is 2.92. The van der Waals surface area contributed by atoms with Gasteiger partial charge in [-0.2, -0.15) is 13.2 Å². The Balaban J connectivity index is 0.000000956.